The monoisotopic (exact) mass is 491 g/mol. The van der Waals surface area contributed by atoms with E-state index in [1.807, 2.05) is 21.8 Å². The van der Waals surface area contributed by atoms with Crippen LogP contribution in [0.5, 0.6) is 0 Å². The molecule has 5 rings (SSSR count). The van der Waals surface area contributed by atoms with Gasteiger partial charge < -0.3 is 19.0 Å². The van der Waals surface area contributed by atoms with E-state index in [0.717, 1.165) is 63.0 Å². The summed E-state index contributed by atoms with van der Waals surface area (Å²) in [5.74, 6) is 0.703. The fourth-order valence-corrected chi connectivity index (χ4v) is 5.12. The summed E-state index contributed by atoms with van der Waals surface area (Å²) >= 11 is 0. The highest BCUT2D eigenvalue weighted by molar-refractivity contribution is 5.95. The molecule has 9 nitrogen and oxygen atoms in total. The van der Waals surface area contributed by atoms with Crippen LogP contribution < -0.4 is 0 Å². The Kier molecular flexibility index (Phi) is 7.46. The first-order chi connectivity index (χ1) is 17.6. The lowest BCUT2D eigenvalue weighted by molar-refractivity contribution is 0.0676. The molecule has 3 aromatic heterocycles. The number of carbonyl (C=O) groups excluding carboxylic acids is 2. The van der Waals surface area contributed by atoms with Gasteiger partial charge in [-0.3, -0.25) is 19.3 Å². The van der Waals surface area contributed by atoms with Crippen molar-refractivity contribution in [1.29, 1.82) is 0 Å². The van der Waals surface area contributed by atoms with E-state index < -0.39 is 0 Å². The topological polar surface area (TPSA) is 93.7 Å². The van der Waals surface area contributed by atoms with Gasteiger partial charge in [-0.15, -0.1) is 0 Å². The van der Waals surface area contributed by atoms with E-state index in [9.17, 15) is 9.59 Å². The minimum Gasteiger partial charge on any atom is -0.453 e. The number of ether oxygens (including phenoxy) is 1. The Bertz CT molecular complexity index is 1200. The normalized spacial score (nSPS) is 15.7. The molecule has 3 aromatic rings. The molecule has 0 spiro atoms. The number of pyridine rings is 1. The summed E-state index contributed by atoms with van der Waals surface area (Å²) in [6.07, 6.45) is 9.31. The fraction of sp³-hybridized carbons (Fsp3) is 0.481. The zero-order valence-electron chi connectivity index (χ0n) is 20.8. The van der Waals surface area contributed by atoms with Crippen LogP contribution in [0, 0.1) is 0 Å². The molecule has 190 valence electrons. The van der Waals surface area contributed by atoms with Crippen molar-refractivity contribution in [1.82, 2.24) is 24.6 Å². The molecule has 0 radical (unpaired) electrons. The number of piperidine rings is 1. The highest BCUT2D eigenvalue weighted by Crippen LogP contribution is 2.27. The van der Waals surface area contributed by atoms with Crippen LogP contribution in [0.4, 0.5) is 0 Å². The quantitative estimate of drug-likeness (QED) is 0.479. The second-order valence-electron chi connectivity index (χ2n) is 9.49. The molecule has 2 aliphatic heterocycles. The van der Waals surface area contributed by atoms with Crippen LogP contribution in [-0.2, 0) is 37.3 Å². The number of hydrogen-bond acceptors (Lipinski definition) is 6. The van der Waals surface area contributed by atoms with Gasteiger partial charge >= 0.3 is 0 Å². The first kappa shape index (κ1) is 24.2. The van der Waals surface area contributed by atoms with Crippen molar-refractivity contribution in [2.75, 3.05) is 26.7 Å². The van der Waals surface area contributed by atoms with Gasteiger partial charge in [0.25, 0.3) is 11.8 Å². The van der Waals surface area contributed by atoms with Crippen LogP contribution in [0.15, 0.2) is 41.1 Å². The average Bonchev–Trinajstić information content (AvgIpc) is 3.54. The molecular weight excluding hydrogens is 458 g/mol. The van der Waals surface area contributed by atoms with Gasteiger partial charge in [0, 0.05) is 63.4 Å². The third-order valence-corrected chi connectivity index (χ3v) is 6.98. The maximum Gasteiger partial charge on any atom is 0.289 e. The lowest BCUT2D eigenvalue weighted by atomic mass is 10.0. The van der Waals surface area contributed by atoms with Crippen LogP contribution in [0.3, 0.4) is 0 Å². The number of methoxy groups -OCH3 is 1. The molecule has 2 aliphatic rings. The fourth-order valence-electron chi connectivity index (χ4n) is 5.12. The van der Waals surface area contributed by atoms with Gasteiger partial charge in [0.1, 0.15) is 12.4 Å². The van der Waals surface area contributed by atoms with Crippen LogP contribution in [0.25, 0.3) is 0 Å². The van der Waals surface area contributed by atoms with Crippen molar-refractivity contribution in [2.45, 2.75) is 58.2 Å². The number of aryl methyl sites for hydroxylation is 2. The number of likely N-dealkylation sites (tertiary alicyclic amines) is 1. The predicted octanol–water partition coefficient (Wildman–Crippen LogP) is 3.47. The Balaban J connectivity index is 1.37. The Morgan fingerprint density at radius 2 is 1.92 bits per heavy atom. The van der Waals surface area contributed by atoms with E-state index in [1.165, 1.54) is 5.56 Å². The smallest absolute Gasteiger partial charge is 0.289 e. The van der Waals surface area contributed by atoms with Crippen LogP contribution in [-0.4, -0.2) is 63.1 Å². The summed E-state index contributed by atoms with van der Waals surface area (Å²) in [5.41, 5.74) is 3.61. The van der Waals surface area contributed by atoms with Gasteiger partial charge in [-0.1, -0.05) is 6.07 Å². The van der Waals surface area contributed by atoms with Gasteiger partial charge in [0.05, 0.1) is 6.54 Å². The third kappa shape index (κ3) is 5.21. The third-order valence-electron chi connectivity index (χ3n) is 6.98. The van der Waals surface area contributed by atoms with Gasteiger partial charge in [0.15, 0.2) is 11.5 Å². The molecule has 36 heavy (non-hydrogen) atoms. The minimum absolute atomic E-state index is 0.0216. The molecular formula is C27H33N5O4. The Morgan fingerprint density at radius 1 is 1.06 bits per heavy atom. The Labute approximate surface area is 211 Å². The molecule has 0 bridgehead atoms. The molecule has 0 aliphatic carbocycles. The molecule has 0 saturated carbocycles. The largest absolute Gasteiger partial charge is 0.453 e. The Hall–Kier alpha value is -3.46. The van der Waals surface area contributed by atoms with Crippen molar-refractivity contribution >= 4 is 11.8 Å². The molecule has 0 N–H and O–H groups in total. The van der Waals surface area contributed by atoms with Crippen molar-refractivity contribution < 1.29 is 18.7 Å². The lowest BCUT2D eigenvalue weighted by Crippen LogP contribution is -2.39. The van der Waals surface area contributed by atoms with E-state index >= 15 is 0 Å². The lowest BCUT2D eigenvalue weighted by Gasteiger charge is -2.29. The van der Waals surface area contributed by atoms with Crippen molar-refractivity contribution in [3.63, 3.8) is 0 Å². The van der Waals surface area contributed by atoms with Crippen molar-refractivity contribution in [3.05, 3.63) is 70.7 Å². The molecule has 1 saturated heterocycles. The van der Waals surface area contributed by atoms with Crippen molar-refractivity contribution in [2.24, 2.45) is 0 Å². The zero-order valence-corrected chi connectivity index (χ0v) is 20.8. The summed E-state index contributed by atoms with van der Waals surface area (Å²) in [7, 11) is 1.59. The summed E-state index contributed by atoms with van der Waals surface area (Å²) in [6, 6.07) is 7.47. The van der Waals surface area contributed by atoms with Crippen LogP contribution in [0.1, 0.15) is 69.3 Å². The second kappa shape index (κ2) is 11.1. The summed E-state index contributed by atoms with van der Waals surface area (Å²) in [4.78, 5) is 34.6. The number of aromatic nitrogens is 3. The molecule has 1 fully saturated rings. The van der Waals surface area contributed by atoms with E-state index in [-0.39, 0.29) is 11.8 Å². The number of carbonyl (C=O) groups is 2. The first-order valence-electron chi connectivity index (χ1n) is 12.8. The minimum atomic E-state index is -0.177. The van der Waals surface area contributed by atoms with Gasteiger partial charge in [0.2, 0.25) is 0 Å². The van der Waals surface area contributed by atoms with E-state index in [2.05, 4.69) is 11.1 Å². The second-order valence-corrected chi connectivity index (χ2v) is 9.49. The molecule has 2 amide bonds. The van der Waals surface area contributed by atoms with Crippen LogP contribution in [0.2, 0.25) is 0 Å². The first-order valence-corrected chi connectivity index (χ1v) is 12.8. The highest BCUT2D eigenvalue weighted by Gasteiger charge is 2.33. The number of furan rings is 1. The number of amides is 2. The van der Waals surface area contributed by atoms with E-state index in [0.29, 0.717) is 43.3 Å². The number of fused-ring (bicyclic) bond motifs is 1. The average molecular weight is 492 g/mol. The summed E-state index contributed by atoms with van der Waals surface area (Å²) < 4.78 is 12.8. The molecule has 0 unspecified atom stereocenters. The van der Waals surface area contributed by atoms with Gasteiger partial charge in [-0.05, 0) is 55.9 Å². The maximum atomic E-state index is 13.5. The maximum absolute atomic E-state index is 13.5. The number of nitrogens with zero attached hydrogens (tertiary/aromatic N) is 5. The molecule has 9 heteroatoms. The van der Waals surface area contributed by atoms with E-state index in [1.54, 1.807) is 30.3 Å². The number of hydrogen-bond donors (Lipinski definition) is 0. The highest BCUT2D eigenvalue weighted by atomic mass is 16.5. The zero-order chi connectivity index (χ0) is 24.9. The standard InChI is InChI=1S/C27H33N5O4/c1-35-19-21-9-10-24(36-21)26(33)31-16-11-23-22(18-31)25(27(34)30-13-3-2-4-14-30)29-32(23)15-6-8-20-7-5-12-28-17-20/h5,7,9-10,12,17H,2-4,6,8,11,13-16,18-19H2,1H3. The molecule has 0 atom stereocenters. The predicted molar refractivity (Wildman–Crippen MR) is 132 cm³/mol. The number of rotatable bonds is 8. The van der Waals surface area contributed by atoms with E-state index in [4.69, 9.17) is 14.3 Å². The molecule has 5 heterocycles. The SMILES string of the molecule is COCc1ccc(C(=O)N2CCc3c(c(C(=O)N4CCCCC4)nn3CCCc3cccnc3)C2)o1. The van der Waals surface area contributed by atoms with Crippen LogP contribution >= 0.6 is 0 Å². The van der Waals surface area contributed by atoms with Crippen molar-refractivity contribution in [3.8, 4) is 0 Å². The Morgan fingerprint density at radius 3 is 2.69 bits per heavy atom. The summed E-state index contributed by atoms with van der Waals surface area (Å²) in [6.45, 7) is 3.47. The molecule has 0 aromatic carbocycles. The van der Waals surface area contributed by atoms with Gasteiger partial charge in [-0.2, -0.15) is 5.10 Å². The van der Waals surface area contributed by atoms with Gasteiger partial charge in [-0.25, -0.2) is 0 Å². The summed E-state index contributed by atoms with van der Waals surface area (Å²) in [5, 5.41) is 4.83.